The van der Waals surface area contributed by atoms with Crippen molar-refractivity contribution in [3.05, 3.63) is 29.8 Å². The van der Waals surface area contributed by atoms with Gasteiger partial charge in [-0.15, -0.1) is 0 Å². The lowest BCUT2D eigenvalue weighted by molar-refractivity contribution is -0.0440. The van der Waals surface area contributed by atoms with E-state index in [2.05, 4.69) is 0 Å². The maximum Gasteiger partial charge on any atom is 0.253 e. The Labute approximate surface area is 185 Å². The molecule has 31 heavy (non-hydrogen) atoms. The third kappa shape index (κ3) is 5.46. The zero-order valence-corrected chi connectivity index (χ0v) is 20.0. The normalized spacial score (nSPS) is 24.5. The van der Waals surface area contributed by atoms with Crippen molar-refractivity contribution in [3.63, 3.8) is 0 Å². The highest BCUT2D eigenvalue weighted by Gasteiger charge is 2.33. The molecule has 2 atom stereocenters. The van der Waals surface area contributed by atoms with E-state index in [1.54, 1.807) is 24.1 Å². The van der Waals surface area contributed by atoms with Crippen LogP contribution in [0.25, 0.3) is 0 Å². The van der Waals surface area contributed by atoms with Crippen LogP contribution in [0.3, 0.4) is 0 Å². The summed E-state index contributed by atoms with van der Waals surface area (Å²) in [6.07, 6.45) is 1.85. The molecule has 3 rings (SSSR count). The second kappa shape index (κ2) is 9.14. The Hall–Kier alpha value is -1.53. The number of carbonyl (C=O) groups excluding carboxylic acids is 1. The summed E-state index contributed by atoms with van der Waals surface area (Å²) in [5.41, 5.74) is 0.311. The molecule has 174 valence electrons. The van der Waals surface area contributed by atoms with Crippen LogP contribution in [-0.2, 0) is 24.8 Å². The van der Waals surface area contributed by atoms with Gasteiger partial charge >= 0.3 is 0 Å². The molecule has 1 amide bonds. The molecule has 2 aliphatic rings. The molecular formula is C20H31N3O6S2. The Morgan fingerprint density at radius 2 is 1.65 bits per heavy atom. The molecule has 11 heteroatoms. The Bertz CT molecular complexity index is 1010. The van der Waals surface area contributed by atoms with Crippen LogP contribution in [0.15, 0.2) is 29.2 Å². The minimum atomic E-state index is -3.74. The van der Waals surface area contributed by atoms with Crippen LogP contribution in [0.1, 0.15) is 37.0 Å². The zero-order valence-electron chi connectivity index (χ0n) is 18.4. The van der Waals surface area contributed by atoms with Crippen molar-refractivity contribution >= 4 is 26.0 Å². The number of ether oxygens (including phenoxy) is 1. The van der Waals surface area contributed by atoms with Gasteiger partial charge in [-0.05, 0) is 44.9 Å². The van der Waals surface area contributed by atoms with Crippen molar-refractivity contribution in [1.82, 2.24) is 13.5 Å². The highest BCUT2D eigenvalue weighted by atomic mass is 32.2. The summed E-state index contributed by atoms with van der Waals surface area (Å²) in [4.78, 5) is 14.7. The minimum absolute atomic E-state index is 0.0892. The molecule has 9 nitrogen and oxygen atoms in total. The molecule has 0 aromatic heterocycles. The molecule has 2 aliphatic heterocycles. The van der Waals surface area contributed by atoms with Gasteiger partial charge in [0.1, 0.15) is 0 Å². The zero-order chi connectivity index (χ0) is 23.0. The first-order valence-electron chi connectivity index (χ1n) is 10.4. The summed E-state index contributed by atoms with van der Waals surface area (Å²) < 4.78 is 58.1. The van der Waals surface area contributed by atoms with Gasteiger partial charge in [0.05, 0.1) is 23.4 Å². The third-order valence-electron chi connectivity index (χ3n) is 5.89. The maximum absolute atomic E-state index is 13.1. The third-order valence-corrected chi connectivity index (χ3v) is 9.07. The summed E-state index contributed by atoms with van der Waals surface area (Å²) in [5, 5.41) is 0. The van der Waals surface area contributed by atoms with Crippen molar-refractivity contribution in [2.75, 3.05) is 39.5 Å². The van der Waals surface area contributed by atoms with Gasteiger partial charge in [0.15, 0.2) is 0 Å². The Morgan fingerprint density at radius 3 is 2.19 bits per heavy atom. The molecule has 0 radical (unpaired) electrons. The van der Waals surface area contributed by atoms with E-state index < -0.39 is 20.0 Å². The number of amides is 1. The number of hydrogen-bond acceptors (Lipinski definition) is 6. The number of nitrogens with zero attached hydrogens (tertiary/aromatic N) is 3. The monoisotopic (exact) mass is 473 g/mol. The van der Waals surface area contributed by atoms with E-state index in [9.17, 15) is 21.6 Å². The molecule has 2 heterocycles. The van der Waals surface area contributed by atoms with Crippen molar-refractivity contribution in [1.29, 1.82) is 0 Å². The first-order valence-corrected chi connectivity index (χ1v) is 13.7. The molecule has 0 bridgehead atoms. The van der Waals surface area contributed by atoms with Crippen LogP contribution in [0.5, 0.6) is 0 Å². The second-order valence-corrected chi connectivity index (χ2v) is 12.4. The number of rotatable bonds is 5. The van der Waals surface area contributed by atoms with Crippen LogP contribution < -0.4 is 0 Å². The summed E-state index contributed by atoms with van der Waals surface area (Å²) in [7, 11) is -5.47. The summed E-state index contributed by atoms with van der Waals surface area (Å²) >= 11 is 0. The molecule has 2 unspecified atom stereocenters. The lowest BCUT2D eigenvalue weighted by atomic mass is 10.0. The van der Waals surface area contributed by atoms with E-state index >= 15 is 0 Å². The number of likely N-dealkylation sites (tertiary alicyclic amines) is 1. The van der Waals surface area contributed by atoms with Gasteiger partial charge < -0.3 is 9.64 Å². The second-order valence-electron chi connectivity index (χ2n) is 8.41. The Morgan fingerprint density at radius 1 is 1.06 bits per heavy atom. The molecular weight excluding hydrogens is 442 g/mol. The van der Waals surface area contributed by atoms with Crippen molar-refractivity contribution in [2.24, 2.45) is 0 Å². The van der Waals surface area contributed by atoms with Crippen LogP contribution in [0.2, 0.25) is 0 Å². The van der Waals surface area contributed by atoms with Gasteiger partial charge in [-0.3, -0.25) is 4.79 Å². The lowest BCUT2D eigenvalue weighted by Crippen LogP contribution is -2.48. The van der Waals surface area contributed by atoms with Gasteiger partial charge in [0.2, 0.25) is 20.0 Å². The number of hydrogen-bond donors (Lipinski definition) is 0. The summed E-state index contributed by atoms with van der Waals surface area (Å²) in [6, 6.07) is 5.98. The smallest absolute Gasteiger partial charge is 0.253 e. The summed E-state index contributed by atoms with van der Waals surface area (Å²) in [6.45, 7) is 5.04. The lowest BCUT2D eigenvalue weighted by Gasteiger charge is -2.36. The predicted molar refractivity (Wildman–Crippen MR) is 117 cm³/mol. The number of piperidine rings is 1. The van der Waals surface area contributed by atoms with Crippen LogP contribution >= 0.6 is 0 Å². The van der Waals surface area contributed by atoms with E-state index in [1.165, 1.54) is 27.0 Å². The fourth-order valence-corrected chi connectivity index (χ4v) is 6.54. The van der Waals surface area contributed by atoms with Gasteiger partial charge in [0, 0.05) is 44.8 Å². The molecule has 0 aliphatic carbocycles. The molecule has 2 fully saturated rings. The molecule has 1 aromatic rings. The van der Waals surface area contributed by atoms with Crippen LogP contribution in [0.4, 0.5) is 0 Å². The highest BCUT2D eigenvalue weighted by molar-refractivity contribution is 7.89. The van der Waals surface area contributed by atoms with Gasteiger partial charge in [-0.2, -0.15) is 4.31 Å². The first-order chi connectivity index (χ1) is 14.4. The fraction of sp³-hybridized carbons (Fsp3) is 0.650. The maximum atomic E-state index is 13.1. The number of benzene rings is 1. The first kappa shape index (κ1) is 24.1. The van der Waals surface area contributed by atoms with E-state index in [1.807, 2.05) is 13.8 Å². The van der Waals surface area contributed by atoms with Crippen LogP contribution in [0, 0.1) is 0 Å². The average Bonchev–Trinajstić information content (AvgIpc) is 2.71. The quantitative estimate of drug-likeness (QED) is 0.631. The molecule has 1 aromatic carbocycles. The SMILES string of the molecule is CC1CN(S(=O)(=O)c2cccc(C(=O)N3CCC(N(C)S(C)(=O)=O)CC3)c2)CC(C)O1. The number of carbonyl (C=O) groups is 1. The Kier molecular flexibility index (Phi) is 7.11. The predicted octanol–water partition coefficient (Wildman–Crippen LogP) is 0.981. The highest BCUT2D eigenvalue weighted by Crippen LogP contribution is 2.24. The molecule has 0 saturated carbocycles. The molecule has 2 saturated heterocycles. The van der Waals surface area contributed by atoms with Crippen molar-refractivity contribution in [2.45, 2.75) is 49.8 Å². The number of sulfonamides is 2. The van der Waals surface area contributed by atoms with E-state index in [0.29, 0.717) is 31.5 Å². The van der Waals surface area contributed by atoms with E-state index in [0.717, 1.165) is 0 Å². The van der Waals surface area contributed by atoms with Gasteiger partial charge in [0.25, 0.3) is 5.91 Å². The average molecular weight is 474 g/mol. The minimum Gasteiger partial charge on any atom is -0.373 e. The Balaban J connectivity index is 1.72. The van der Waals surface area contributed by atoms with E-state index in [-0.39, 0.29) is 42.1 Å². The van der Waals surface area contributed by atoms with Crippen molar-refractivity contribution < 1.29 is 26.4 Å². The molecule has 0 N–H and O–H groups in total. The van der Waals surface area contributed by atoms with E-state index in [4.69, 9.17) is 4.74 Å². The number of morpholine rings is 1. The van der Waals surface area contributed by atoms with Gasteiger partial charge in [-0.1, -0.05) is 6.07 Å². The topological polar surface area (TPSA) is 104 Å². The largest absolute Gasteiger partial charge is 0.373 e. The van der Waals surface area contributed by atoms with Gasteiger partial charge in [-0.25, -0.2) is 21.1 Å². The van der Waals surface area contributed by atoms with Crippen molar-refractivity contribution in [3.8, 4) is 0 Å². The standard InChI is InChI=1S/C20H31N3O6S2/c1-15-13-23(14-16(2)29-15)31(27,28)19-7-5-6-17(12-19)20(24)22-10-8-18(9-11-22)21(3)30(4,25)26/h5-7,12,15-16,18H,8-11,13-14H2,1-4H3. The fourth-order valence-electron chi connectivity index (χ4n) is 4.15. The summed E-state index contributed by atoms with van der Waals surface area (Å²) in [5.74, 6) is -0.249. The van der Waals surface area contributed by atoms with Crippen LogP contribution in [-0.4, -0.2) is 94.0 Å². The molecule has 0 spiro atoms.